The van der Waals surface area contributed by atoms with Crippen molar-refractivity contribution in [3.63, 3.8) is 0 Å². The average molecular weight is 367 g/mol. The largest absolute Gasteiger partial charge is 0.489 e. The van der Waals surface area contributed by atoms with E-state index in [1.165, 1.54) is 18.2 Å². The van der Waals surface area contributed by atoms with Crippen LogP contribution in [-0.4, -0.2) is 22.8 Å². The monoisotopic (exact) mass is 367 g/mol. The Labute approximate surface area is 152 Å². The first-order valence-electron chi connectivity index (χ1n) is 7.77. The van der Waals surface area contributed by atoms with Gasteiger partial charge in [0.2, 0.25) is 0 Å². The first-order chi connectivity index (χ1) is 12.9. The second-order valence-electron chi connectivity index (χ2n) is 5.58. The molecule has 1 aliphatic rings. The van der Waals surface area contributed by atoms with Gasteiger partial charge in [-0.15, -0.1) is 0 Å². The molecule has 1 fully saturated rings. The molecular formula is C18H13N3O6. The highest BCUT2D eigenvalue weighted by Crippen LogP contribution is 2.18. The van der Waals surface area contributed by atoms with Crippen LogP contribution in [0.15, 0.2) is 54.1 Å². The van der Waals surface area contributed by atoms with E-state index in [2.05, 4.69) is 0 Å². The number of carbonyl (C=O) groups is 3. The summed E-state index contributed by atoms with van der Waals surface area (Å²) < 4.78 is 5.58. The third kappa shape index (κ3) is 4.34. The Kier molecular flexibility index (Phi) is 4.93. The zero-order valence-electron chi connectivity index (χ0n) is 13.8. The van der Waals surface area contributed by atoms with Crippen molar-refractivity contribution in [1.29, 1.82) is 0 Å². The molecule has 1 aliphatic heterocycles. The van der Waals surface area contributed by atoms with Crippen LogP contribution in [0.3, 0.4) is 0 Å². The van der Waals surface area contributed by atoms with Crippen LogP contribution in [-0.2, 0) is 16.2 Å². The molecule has 136 valence electrons. The third-order valence-corrected chi connectivity index (χ3v) is 3.66. The van der Waals surface area contributed by atoms with E-state index in [0.717, 1.165) is 0 Å². The summed E-state index contributed by atoms with van der Waals surface area (Å²) >= 11 is 0. The standard InChI is InChI=1S/C18H13N3O6/c22-16-15(17(23)20-18(24)19-16)9-11-4-6-14(7-5-11)27-10-12-2-1-3-13(8-12)21(25)26/h1-9H,10H2,(H2,19,20,22,23,24). The number of hydrogen-bond acceptors (Lipinski definition) is 6. The molecule has 0 unspecified atom stereocenters. The SMILES string of the molecule is O=C1NC(=O)C(=Cc2ccc(OCc3cccc([N+](=O)[O-])c3)cc2)C(=O)N1. The molecule has 9 nitrogen and oxygen atoms in total. The Morgan fingerprint density at radius 3 is 2.30 bits per heavy atom. The zero-order valence-corrected chi connectivity index (χ0v) is 13.8. The smallest absolute Gasteiger partial charge is 0.328 e. The molecule has 2 aromatic rings. The molecule has 1 saturated heterocycles. The second-order valence-corrected chi connectivity index (χ2v) is 5.58. The number of nitro groups is 1. The molecule has 1 heterocycles. The van der Waals surface area contributed by atoms with Crippen molar-refractivity contribution in [2.75, 3.05) is 0 Å². The van der Waals surface area contributed by atoms with Gasteiger partial charge >= 0.3 is 6.03 Å². The summed E-state index contributed by atoms with van der Waals surface area (Å²) in [4.78, 5) is 44.7. The van der Waals surface area contributed by atoms with Crippen LogP contribution < -0.4 is 15.4 Å². The highest BCUT2D eigenvalue weighted by molar-refractivity contribution is 6.31. The first kappa shape index (κ1) is 17.8. The number of imide groups is 2. The van der Waals surface area contributed by atoms with Gasteiger partial charge in [0.05, 0.1) is 4.92 Å². The lowest BCUT2D eigenvalue weighted by molar-refractivity contribution is -0.384. The Hall–Kier alpha value is -4.01. The van der Waals surface area contributed by atoms with E-state index in [0.29, 0.717) is 16.9 Å². The zero-order chi connectivity index (χ0) is 19.4. The molecule has 0 saturated carbocycles. The van der Waals surface area contributed by atoms with Gasteiger partial charge in [0.25, 0.3) is 17.5 Å². The Morgan fingerprint density at radius 1 is 1.00 bits per heavy atom. The number of carbonyl (C=O) groups excluding carboxylic acids is 3. The number of rotatable bonds is 5. The van der Waals surface area contributed by atoms with Crippen molar-refractivity contribution in [3.8, 4) is 5.75 Å². The number of non-ortho nitro benzene ring substituents is 1. The Morgan fingerprint density at radius 2 is 1.67 bits per heavy atom. The van der Waals surface area contributed by atoms with Gasteiger partial charge in [0.1, 0.15) is 17.9 Å². The molecule has 3 rings (SSSR count). The van der Waals surface area contributed by atoms with Crippen molar-refractivity contribution in [2.45, 2.75) is 6.61 Å². The summed E-state index contributed by atoms with van der Waals surface area (Å²) in [5, 5.41) is 14.8. The molecule has 0 spiro atoms. The van der Waals surface area contributed by atoms with Gasteiger partial charge in [-0.05, 0) is 29.3 Å². The van der Waals surface area contributed by atoms with E-state index in [1.54, 1.807) is 36.4 Å². The van der Waals surface area contributed by atoms with E-state index in [1.807, 2.05) is 10.6 Å². The van der Waals surface area contributed by atoms with E-state index >= 15 is 0 Å². The average Bonchev–Trinajstić information content (AvgIpc) is 2.64. The predicted molar refractivity (Wildman–Crippen MR) is 93.5 cm³/mol. The molecule has 0 bridgehead atoms. The fourth-order valence-electron chi connectivity index (χ4n) is 2.36. The van der Waals surface area contributed by atoms with Crippen molar-refractivity contribution >= 4 is 29.6 Å². The van der Waals surface area contributed by atoms with Gasteiger partial charge in [-0.2, -0.15) is 0 Å². The molecule has 2 N–H and O–H groups in total. The predicted octanol–water partition coefficient (Wildman–Crippen LogP) is 1.92. The van der Waals surface area contributed by atoms with Crippen molar-refractivity contribution < 1.29 is 24.0 Å². The highest BCUT2D eigenvalue weighted by Gasteiger charge is 2.27. The molecular weight excluding hydrogens is 354 g/mol. The fourth-order valence-corrected chi connectivity index (χ4v) is 2.36. The van der Waals surface area contributed by atoms with E-state index in [-0.39, 0.29) is 17.9 Å². The van der Waals surface area contributed by atoms with Gasteiger partial charge in [0.15, 0.2) is 0 Å². The summed E-state index contributed by atoms with van der Waals surface area (Å²) in [6, 6.07) is 11.8. The molecule has 27 heavy (non-hydrogen) atoms. The Balaban J connectivity index is 1.67. The summed E-state index contributed by atoms with van der Waals surface area (Å²) in [5.41, 5.74) is 1.02. The first-order valence-corrected chi connectivity index (χ1v) is 7.77. The molecule has 9 heteroatoms. The number of urea groups is 1. The summed E-state index contributed by atoms with van der Waals surface area (Å²) in [6.07, 6.45) is 1.35. The minimum atomic E-state index is -0.855. The highest BCUT2D eigenvalue weighted by atomic mass is 16.6. The van der Waals surface area contributed by atoms with Gasteiger partial charge in [-0.3, -0.25) is 30.3 Å². The number of barbiturate groups is 1. The minimum absolute atomic E-state index is 0.0133. The quantitative estimate of drug-likeness (QED) is 0.360. The normalized spacial score (nSPS) is 13.6. The molecule has 0 aromatic heterocycles. The van der Waals surface area contributed by atoms with Crippen molar-refractivity contribution in [2.24, 2.45) is 0 Å². The molecule has 0 radical (unpaired) electrons. The van der Waals surface area contributed by atoms with Gasteiger partial charge < -0.3 is 4.74 Å². The molecule has 0 atom stereocenters. The number of hydrogen-bond donors (Lipinski definition) is 2. The minimum Gasteiger partial charge on any atom is -0.489 e. The number of amides is 4. The number of nitrogens with zero attached hydrogens (tertiary/aromatic N) is 1. The summed E-state index contributed by atoms with van der Waals surface area (Å²) in [6.45, 7) is 0.148. The molecule has 4 amide bonds. The van der Waals surface area contributed by atoms with Gasteiger partial charge in [0, 0.05) is 12.1 Å². The lowest BCUT2D eigenvalue weighted by Crippen LogP contribution is -2.51. The summed E-state index contributed by atoms with van der Waals surface area (Å²) in [7, 11) is 0. The number of ether oxygens (including phenoxy) is 1. The van der Waals surface area contributed by atoms with E-state index < -0.39 is 22.8 Å². The van der Waals surface area contributed by atoms with Crippen LogP contribution in [0.2, 0.25) is 0 Å². The number of benzene rings is 2. The lowest BCUT2D eigenvalue weighted by atomic mass is 10.1. The Bertz CT molecular complexity index is 943. The van der Waals surface area contributed by atoms with Crippen LogP contribution in [0, 0.1) is 10.1 Å². The maximum Gasteiger partial charge on any atom is 0.328 e. The van der Waals surface area contributed by atoms with Crippen LogP contribution in [0.25, 0.3) is 6.08 Å². The van der Waals surface area contributed by atoms with Crippen LogP contribution >= 0.6 is 0 Å². The maximum absolute atomic E-state index is 11.7. The lowest BCUT2D eigenvalue weighted by Gasteiger charge is -2.13. The van der Waals surface area contributed by atoms with Gasteiger partial charge in [-0.1, -0.05) is 24.3 Å². The van der Waals surface area contributed by atoms with Crippen molar-refractivity contribution in [3.05, 3.63) is 75.3 Å². The summed E-state index contributed by atoms with van der Waals surface area (Å²) in [5.74, 6) is -1.03. The van der Waals surface area contributed by atoms with Gasteiger partial charge in [-0.25, -0.2) is 4.79 Å². The number of nitro benzene ring substituents is 1. The maximum atomic E-state index is 11.7. The number of nitrogens with one attached hydrogen (secondary N) is 2. The van der Waals surface area contributed by atoms with Crippen LogP contribution in [0.5, 0.6) is 5.75 Å². The fraction of sp³-hybridized carbons (Fsp3) is 0.0556. The van der Waals surface area contributed by atoms with E-state index in [4.69, 9.17) is 4.74 Å². The second kappa shape index (κ2) is 7.48. The van der Waals surface area contributed by atoms with Crippen LogP contribution in [0.1, 0.15) is 11.1 Å². The van der Waals surface area contributed by atoms with Crippen LogP contribution in [0.4, 0.5) is 10.5 Å². The molecule has 0 aliphatic carbocycles. The molecule has 2 aromatic carbocycles. The topological polar surface area (TPSA) is 128 Å². The third-order valence-electron chi connectivity index (χ3n) is 3.66. The van der Waals surface area contributed by atoms with Crippen molar-refractivity contribution in [1.82, 2.24) is 10.6 Å². The van der Waals surface area contributed by atoms with E-state index in [9.17, 15) is 24.5 Å².